The highest BCUT2D eigenvalue weighted by Gasteiger charge is 2.42. The topological polar surface area (TPSA) is 40.5 Å². The molecular formula is C16H29NO2. The largest absolute Gasteiger partial charge is 0.481 e. The molecule has 0 bridgehead atoms. The van der Waals surface area contributed by atoms with Crippen LogP contribution in [0.3, 0.4) is 0 Å². The van der Waals surface area contributed by atoms with Crippen LogP contribution in [0.25, 0.3) is 0 Å². The SMILES string of the molecule is CC(C)C1CC(N2CCCC(C(C)(C)C(=O)O)C2)C1. The van der Waals surface area contributed by atoms with Crippen molar-refractivity contribution in [1.82, 2.24) is 4.90 Å². The lowest BCUT2D eigenvalue weighted by Crippen LogP contribution is -2.52. The maximum atomic E-state index is 11.4. The summed E-state index contributed by atoms with van der Waals surface area (Å²) in [7, 11) is 0. The molecule has 1 unspecified atom stereocenters. The normalized spacial score (nSPS) is 33.2. The van der Waals surface area contributed by atoms with Gasteiger partial charge in [0, 0.05) is 12.6 Å². The molecule has 3 heteroatoms. The summed E-state index contributed by atoms with van der Waals surface area (Å²) in [4.78, 5) is 14.0. The van der Waals surface area contributed by atoms with Crippen LogP contribution >= 0.6 is 0 Å². The van der Waals surface area contributed by atoms with Crippen molar-refractivity contribution in [3.63, 3.8) is 0 Å². The van der Waals surface area contributed by atoms with E-state index >= 15 is 0 Å². The second-order valence-corrected chi connectivity index (χ2v) is 7.49. The van der Waals surface area contributed by atoms with Gasteiger partial charge in [0.1, 0.15) is 0 Å². The molecule has 1 aliphatic carbocycles. The first kappa shape index (κ1) is 14.8. The van der Waals surface area contributed by atoms with Crippen LogP contribution in [0.2, 0.25) is 0 Å². The molecular weight excluding hydrogens is 238 g/mol. The van der Waals surface area contributed by atoms with Crippen LogP contribution < -0.4 is 0 Å². The summed E-state index contributed by atoms with van der Waals surface area (Å²) in [6, 6.07) is 0.722. The number of carbonyl (C=O) groups is 1. The van der Waals surface area contributed by atoms with Crippen molar-refractivity contribution >= 4 is 5.97 Å². The quantitative estimate of drug-likeness (QED) is 0.850. The van der Waals surface area contributed by atoms with E-state index in [1.54, 1.807) is 0 Å². The van der Waals surface area contributed by atoms with Crippen LogP contribution in [-0.2, 0) is 4.79 Å². The van der Waals surface area contributed by atoms with Crippen LogP contribution in [0.1, 0.15) is 53.4 Å². The van der Waals surface area contributed by atoms with Crippen LogP contribution in [0.15, 0.2) is 0 Å². The zero-order valence-corrected chi connectivity index (χ0v) is 12.9. The van der Waals surface area contributed by atoms with Crippen molar-refractivity contribution in [2.45, 2.75) is 59.4 Å². The van der Waals surface area contributed by atoms with Gasteiger partial charge in [0.25, 0.3) is 0 Å². The number of likely N-dealkylation sites (tertiary alicyclic amines) is 1. The van der Waals surface area contributed by atoms with Gasteiger partial charge in [0.15, 0.2) is 0 Å². The Balaban J connectivity index is 1.90. The Kier molecular flexibility index (Phi) is 4.24. The summed E-state index contributed by atoms with van der Waals surface area (Å²) in [5.74, 6) is 1.34. The Morgan fingerprint density at radius 1 is 1.32 bits per heavy atom. The Hall–Kier alpha value is -0.570. The van der Waals surface area contributed by atoms with Crippen molar-refractivity contribution in [3.05, 3.63) is 0 Å². The molecule has 0 amide bonds. The zero-order valence-electron chi connectivity index (χ0n) is 12.9. The molecule has 1 heterocycles. The van der Waals surface area contributed by atoms with E-state index in [1.807, 2.05) is 13.8 Å². The summed E-state index contributed by atoms with van der Waals surface area (Å²) in [6.45, 7) is 10.6. The van der Waals surface area contributed by atoms with Gasteiger partial charge in [-0.25, -0.2) is 0 Å². The van der Waals surface area contributed by atoms with E-state index in [4.69, 9.17) is 0 Å². The lowest BCUT2D eigenvalue weighted by atomic mass is 9.70. The highest BCUT2D eigenvalue weighted by Crippen LogP contribution is 2.41. The first-order chi connectivity index (χ1) is 8.82. The van der Waals surface area contributed by atoms with Crippen LogP contribution in [0.5, 0.6) is 0 Å². The molecule has 0 aromatic heterocycles. The molecule has 2 aliphatic rings. The molecule has 1 saturated carbocycles. The summed E-state index contributed by atoms with van der Waals surface area (Å²) >= 11 is 0. The third-order valence-corrected chi connectivity index (χ3v) is 5.63. The van der Waals surface area contributed by atoms with Gasteiger partial charge in [0.05, 0.1) is 5.41 Å². The summed E-state index contributed by atoms with van der Waals surface area (Å²) in [6.07, 6.45) is 4.86. The van der Waals surface area contributed by atoms with E-state index < -0.39 is 11.4 Å². The van der Waals surface area contributed by atoms with Gasteiger partial charge in [0.2, 0.25) is 0 Å². The number of carboxylic acid groups (broad SMARTS) is 1. The van der Waals surface area contributed by atoms with E-state index in [2.05, 4.69) is 18.7 Å². The number of hydrogen-bond donors (Lipinski definition) is 1. The number of aliphatic carboxylic acids is 1. The molecule has 1 aliphatic heterocycles. The monoisotopic (exact) mass is 267 g/mol. The van der Waals surface area contributed by atoms with Gasteiger partial charge in [-0.15, -0.1) is 0 Å². The third kappa shape index (κ3) is 2.96. The van der Waals surface area contributed by atoms with Crippen molar-refractivity contribution in [2.24, 2.45) is 23.2 Å². The Labute approximate surface area is 117 Å². The highest BCUT2D eigenvalue weighted by molar-refractivity contribution is 5.74. The van der Waals surface area contributed by atoms with E-state index in [0.717, 1.165) is 37.3 Å². The third-order valence-electron chi connectivity index (χ3n) is 5.63. The highest BCUT2D eigenvalue weighted by atomic mass is 16.4. The molecule has 1 atom stereocenters. The second-order valence-electron chi connectivity index (χ2n) is 7.49. The van der Waals surface area contributed by atoms with Gasteiger partial charge < -0.3 is 10.0 Å². The molecule has 0 spiro atoms. The predicted octanol–water partition coefficient (Wildman–Crippen LogP) is 3.24. The minimum absolute atomic E-state index is 0.303. The molecule has 1 N–H and O–H groups in total. The van der Waals surface area contributed by atoms with Crippen LogP contribution in [0, 0.1) is 23.2 Å². The minimum atomic E-state index is -0.645. The van der Waals surface area contributed by atoms with E-state index in [9.17, 15) is 9.90 Å². The predicted molar refractivity (Wildman–Crippen MR) is 77.1 cm³/mol. The van der Waals surface area contributed by atoms with E-state index in [1.165, 1.54) is 19.4 Å². The smallest absolute Gasteiger partial charge is 0.309 e. The standard InChI is InChI=1S/C16H29NO2/c1-11(2)12-8-14(9-12)17-7-5-6-13(10-17)16(3,4)15(18)19/h11-14H,5-10H2,1-4H3,(H,18,19). The fourth-order valence-corrected chi connectivity index (χ4v) is 3.57. The molecule has 2 fully saturated rings. The molecule has 0 radical (unpaired) electrons. The van der Waals surface area contributed by atoms with Gasteiger partial charge in [-0.3, -0.25) is 4.79 Å². The average Bonchev–Trinajstić information content (AvgIpc) is 2.26. The Morgan fingerprint density at radius 2 is 1.95 bits per heavy atom. The number of carboxylic acids is 1. The first-order valence-electron chi connectivity index (χ1n) is 7.79. The van der Waals surface area contributed by atoms with E-state index in [-0.39, 0.29) is 0 Å². The van der Waals surface area contributed by atoms with E-state index in [0.29, 0.717) is 5.92 Å². The first-order valence-corrected chi connectivity index (χ1v) is 7.79. The van der Waals surface area contributed by atoms with Crippen LogP contribution in [0.4, 0.5) is 0 Å². The Morgan fingerprint density at radius 3 is 2.47 bits per heavy atom. The van der Waals surface area contributed by atoms with Gasteiger partial charge >= 0.3 is 5.97 Å². The number of hydrogen-bond acceptors (Lipinski definition) is 2. The minimum Gasteiger partial charge on any atom is -0.481 e. The summed E-state index contributed by atoms with van der Waals surface area (Å²) in [5, 5.41) is 9.39. The van der Waals surface area contributed by atoms with Gasteiger partial charge in [-0.05, 0) is 63.8 Å². The molecule has 0 aromatic rings. The van der Waals surface area contributed by atoms with Gasteiger partial charge in [-0.1, -0.05) is 13.8 Å². The fourth-order valence-electron chi connectivity index (χ4n) is 3.57. The fraction of sp³-hybridized carbons (Fsp3) is 0.938. The van der Waals surface area contributed by atoms with Crippen molar-refractivity contribution < 1.29 is 9.90 Å². The van der Waals surface area contributed by atoms with Crippen LogP contribution in [-0.4, -0.2) is 35.1 Å². The number of nitrogens with zero attached hydrogens (tertiary/aromatic N) is 1. The second kappa shape index (κ2) is 5.43. The Bertz CT molecular complexity index is 332. The zero-order chi connectivity index (χ0) is 14.2. The number of piperidine rings is 1. The summed E-state index contributed by atoms with van der Waals surface area (Å²) in [5.41, 5.74) is -0.583. The van der Waals surface area contributed by atoms with Crippen molar-refractivity contribution in [1.29, 1.82) is 0 Å². The maximum Gasteiger partial charge on any atom is 0.309 e. The van der Waals surface area contributed by atoms with Gasteiger partial charge in [-0.2, -0.15) is 0 Å². The number of rotatable bonds is 4. The van der Waals surface area contributed by atoms with Crippen molar-refractivity contribution in [2.75, 3.05) is 13.1 Å². The van der Waals surface area contributed by atoms with Crippen molar-refractivity contribution in [3.8, 4) is 0 Å². The molecule has 110 valence electrons. The lowest BCUT2D eigenvalue weighted by Gasteiger charge is -2.49. The maximum absolute atomic E-state index is 11.4. The average molecular weight is 267 g/mol. The molecule has 19 heavy (non-hydrogen) atoms. The summed E-state index contributed by atoms with van der Waals surface area (Å²) < 4.78 is 0. The molecule has 1 saturated heterocycles. The lowest BCUT2D eigenvalue weighted by molar-refractivity contribution is -0.152. The molecule has 0 aromatic carbocycles. The molecule has 2 rings (SSSR count). The molecule has 3 nitrogen and oxygen atoms in total.